The summed E-state index contributed by atoms with van der Waals surface area (Å²) in [5.41, 5.74) is 8.78. The van der Waals surface area contributed by atoms with Gasteiger partial charge in [0.1, 0.15) is 6.04 Å². The van der Waals surface area contributed by atoms with Crippen molar-refractivity contribution >= 4 is 11.8 Å². The molecule has 0 aliphatic carbocycles. The summed E-state index contributed by atoms with van der Waals surface area (Å²) < 4.78 is 1.62. The van der Waals surface area contributed by atoms with Crippen molar-refractivity contribution in [1.82, 2.24) is 19.7 Å². The van der Waals surface area contributed by atoms with E-state index in [0.717, 1.165) is 11.1 Å². The Hall–Kier alpha value is -3.48. The molecule has 7 nitrogen and oxygen atoms in total. The van der Waals surface area contributed by atoms with E-state index in [1.807, 2.05) is 49.4 Å². The summed E-state index contributed by atoms with van der Waals surface area (Å²) >= 11 is 0. The van der Waals surface area contributed by atoms with Crippen LogP contribution in [0.5, 0.6) is 0 Å². The van der Waals surface area contributed by atoms with E-state index in [1.54, 1.807) is 10.9 Å². The van der Waals surface area contributed by atoms with Gasteiger partial charge in [-0.3, -0.25) is 9.59 Å². The molecule has 2 amide bonds. The SMILES string of the molecule is Cc1c(C(=O)N2Cc3ccccc3C[C@H]2C(N)=O)cnn1-c1ccccn1. The predicted octanol–water partition coefficient (Wildman–Crippen LogP) is 1.63. The van der Waals surface area contributed by atoms with Gasteiger partial charge in [-0.25, -0.2) is 9.67 Å². The standard InChI is InChI=1S/C20H19N5O2/c1-13-16(11-23-25(13)18-8-4-5-9-22-18)20(27)24-12-15-7-3-2-6-14(15)10-17(24)19(21)26/h2-9,11,17H,10,12H2,1H3,(H2,21,26)/t17-/m0/s1. The number of nitrogens with zero attached hydrogens (tertiary/aromatic N) is 4. The Morgan fingerprint density at radius 3 is 2.56 bits per heavy atom. The highest BCUT2D eigenvalue weighted by Crippen LogP contribution is 2.26. The number of hydrogen-bond donors (Lipinski definition) is 1. The Labute approximate surface area is 156 Å². The molecule has 1 atom stereocenters. The summed E-state index contributed by atoms with van der Waals surface area (Å²) in [4.78, 5) is 31.1. The monoisotopic (exact) mass is 361 g/mol. The van der Waals surface area contributed by atoms with Crippen molar-refractivity contribution in [2.45, 2.75) is 25.9 Å². The van der Waals surface area contributed by atoms with Crippen molar-refractivity contribution in [3.05, 3.63) is 77.2 Å². The summed E-state index contributed by atoms with van der Waals surface area (Å²) in [5.74, 6) is -0.134. The van der Waals surface area contributed by atoms with Crippen molar-refractivity contribution < 1.29 is 9.59 Å². The Morgan fingerprint density at radius 1 is 1.11 bits per heavy atom. The average Bonchev–Trinajstić information content (AvgIpc) is 3.08. The lowest BCUT2D eigenvalue weighted by Gasteiger charge is -2.35. The topological polar surface area (TPSA) is 94.1 Å². The second-order valence-corrected chi connectivity index (χ2v) is 6.57. The number of aromatic nitrogens is 3. The number of pyridine rings is 1. The molecule has 0 saturated carbocycles. The van der Waals surface area contributed by atoms with Gasteiger partial charge in [0.05, 0.1) is 17.5 Å². The summed E-state index contributed by atoms with van der Waals surface area (Å²) in [5, 5.41) is 4.31. The van der Waals surface area contributed by atoms with Crippen molar-refractivity contribution in [1.29, 1.82) is 0 Å². The molecule has 0 saturated heterocycles. The molecule has 0 spiro atoms. The number of nitrogens with two attached hydrogens (primary N) is 1. The normalized spacial score (nSPS) is 16.0. The second-order valence-electron chi connectivity index (χ2n) is 6.57. The van der Waals surface area contributed by atoms with E-state index in [1.165, 1.54) is 11.1 Å². The van der Waals surface area contributed by atoms with Crippen LogP contribution < -0.4 is 5.73 Å². The molecule has 0 radical (unpaired) electrons. The highest BCUT2D eigenvalue weighted by molar-refractivity contribution is 5.98. The highest BCUT2D eigenvalue weighted by Gasteiger charge is 2.35. The van der Waals surface area contributed by atoms with Gasteiger partial charge in [-0.15, -0.1) is 0 Å². The van der Waals surface area contributed by atoms with Crippen molar-refractivity contribution in [2.75, 3.05) is 0 Å². The minimum Gasteiger partial charge on any atom is -0.368 e. The van der Waals surface area contributed by atoms with Gasteiger partial charge in [-0.1, -0.05) is 30.3 Å². The van der Waals surface area contributed by atoms with Gasteiger partial charge in [0.2, 0.25) is 5.91 Å². The van der Waals surface area contributed by atoms with E-state index in [9.17, 15) is 9.59 Å². The molecular formula is C20H19N5O2. The number of carbonyl (C=O) groups is 2. The fourth-order valence-corrected chi connectivity index (χ4v) is 3.47. The van der Waals surface area contributed by atoms with Gasteiger partial charge in [-0.2, -0.15) is 5.10 Å². The van der Waals surface area contributed by atoms with Crippen LogP contribution in [0.2, 0.25) is 0 Å². The molecule has 1 aliphatic heterocycles. The summed E-state index contributed by atoms with van der Waals surface area (Å²) in [6, 6.07) is 12.6. The molecule has 27 heavy (non-hydrogen) atoms. The number of benzene rings is 1. The molecule has 3 aromatic rings. The number of amides is 2. The van der Waals surface area contributed by atoms with Crippen LogP contribution >= 0.6 is 0 Å². The van der Waals surface area contributed by atoms with Crippen LogP contribution in [0.4, 0.5) is 0 Å². The number of fused-ring (bicyclic) bond motifs is 1. The minimum atomic E-state index is -0.676. The van der Waals surface area contributed by atoms with E-state index in [2.05, 4.69) is 10.1 Å². The van der Waals surface area contributed by atoms with Gasteiger partial charge in [-0.05, 0) is 30.2 Å². The van der Waals surface area contributed by atoms with E-state index < -0.39 is 11.9 Å². The van der Waals surface area contributed by atoms with E-state index >= 15 is 0 Å². The molecule has 0 unspecified atom stereocenters. The Kier molecular flexibility index (Phi) is 4.19. The Morgan fingerprint density at radius 2 is 1.85 bits per heavy atom. The van der Waals surface area contributed by atoms with E-state index in [0.29, 0.717) is 30.0 Å². The number of carbonyl (C=O) groups excluding carboxylic acids is 2. The summed E-state index contributed by atoms with van der Waals surface area (Å²) in [6.07, 6.45) is 3.61. The molecule has 1 aliphatic rings. The molecule has 0 fully saturated rings. The second kappa shape index (κ2) is 6.68. The molecule has 3 heterocycles. The summed E-state index contributed by atoms with van der Waals surface area (Å²) in [7, 11) is 0. The molecule has 4 rings (SSSR count). The average molecular weight is 361 g/mol. The molecule has 1 aromatic carbocycles. The molecule has 0 bridgehead atoms. The van der Waals surface area contributed by atoms with Crippen LogP contribution in [0.15, 0.2) is 54.9 Å². The van der Waals surface area contributed by atoms with Crippen LogP contribution in [0.1, 0.15) is 27.2 Å². The molecule has 7 heteroatoms. The van der Waals surface area contributed by atoms with Gasteiger partial charge in [0.15, 0.2) is 5.82 Å². The first-order valence-corrected chi connectivity index (χ1v) is 8.69. The molecule has 2 aromatic heterocycles. The summed E-state index contributed by atoms with van der Waals surface area (Å²) in [6.45, 7) is 2.16. The fourth-order valence-electron chi connectivity index (χ4n) is 3.47. The third kappa shape index (κ3) is 2.97. The zero-order valence-corrected chi connectivity index (χ0v) is 14.9. The fraction of sp³-hybridized carbons (Fsp3) is 0.200. The zero-order valence-electron chi connectivity index (χ0n) is 14.9. The lowest BCUT2D eigenvalue weighted by molar-refractivity contribution is -0.122. The lowest BCUT2D eigenvalue weighted by Crippen LogP contribution is -2.51. The van der Waals surface area contributed by atoms with Crippen LogP contribution in [-0.4, -0.2) is 37.5 Å². The third-order valence-corrected chi connectivity index (χ3v) is 4.94. The minimum absolute atomic E-state index is 0.256. The number of rotatable bonds is 3. The number of hydrogen-bond acceptors (Lipinski definition) is 4. The number of primary amides is 1. The van der Waals surface area contributed by atoms with Gasteiger partial charge in [0, 0.05) is 19.2 Å². The molecule has 136 valence electrons. The quantitative estimate of drug-likeness (QED) is 0.767. The van der Waals surface area contributed by atoms with E-state index in [4.69, 9.17) is 5.73 Å². The molecular weight excluding hydrogens is 342 g/mol. The maximum absolute atomic E-state index is 13.2. The first kappa shape index (κ1) is 17.0. The smallest absolute Gasteiger partial charge is 0.258 e. The zero-order chi connectivity index (χ0) is 19.0. The largest absolute Gasteiger partial charge is 0.368 e. The predicted molar refractivity (Wildman–Crippen MR) is 99.1 cm³/mol. The highest BCUT2D eigenvalue weighted by atomic mass is 16.2. The van der Waals surface area contributed by atoms with Crippen molar-refractivity contribution in [2.24, 2.45) is 5.73 Å². The maximum atomic E-state index is 13.2. The van der Waals surface area contributed by atoms with Gasteiger partial charge < -0.3 is 10.6 Å². The third-order valence-electron chi connectivity index (χ3n) is 4.94. The van der Waals surface area contributed by atoms with Crippen molar-refractivity contribution in [3.8, 4) is 5.82 Å². The Bertz CT molecular complexity index is 1010. The van der Waals surface area contributed by atoms with Crippen LogP contribution in [0, 0.1) is 6.92 Å². The van der Waals surface area contributed by atoms with Gasteiger partial charge >= 0.3 is 0 Å². The first-order chi connectivity index (χ1) is 13.1. The lowest BCUT2D eigenvalue weighted by atomic mass is 9.93. The Balaban J connectivity index is 1.70. The van der Waals surface area contributed by atoms with Crippen LogP contribution in [0.3, 0.4) is 0 Å². The van der Waals surface area contributed by atoms with Crippen molar-refractivity contribution in [3.63, 3.8) is 0 Å². The first-order valence-electron chi connectivity index (χ1n) is 8.69. The van der Waals surface area contributed by atoms with E-state index in [-0.39, 0.29) is 5.91 Å². The molecule has 2 N–H and O–H groups in total. The van der Waals surface area contributed by atoms with Crippen LogP contribution in [0.25, 0.3) is 5.82 Å². The maximum Gasteiger partial charge on any atom is 0.258 e. The van der Waals surface area contributed by atoms with Gasteiger partial charge in [0.25, 0.3) is 5.91 Å². The van der Waals surface area contributed by atoms with Crippen LogP contribution in [-0.2, 0) is 17.8 Å².